The third-order valence-electron chi connectivity index (χ3n) is 4.31. The number of benzene rings is 2. The standard InChI is InChI=1S/C23H29N3O4/c1-17(2)14-15-30-20-11-7-6-10-19(20)23(29)26-25-22(28)13-12-21(27)24-16-18-8-4-3-5-9-18/h3-11,17H,12-16H2,1-2H3,(H,24,27)(H,25,28)(H,26,29). The van der Waals surface area contributed by atoms with E-state index in [0.29, 0.717) is 30.4 Å². The maximum atomic E-state index is 12.4. The fourth-order valence-corrected chi connectivity index (χ4v) is 2.55. The molecule has 0 unspecified atom stereocenters. The highest BCUT2D eigenvalue weighted by Gasteiger charge is 2.14. The quantitative estimate of drug-likeness (QED) is 0.524. The van der Waals surface area contributed by atoms with Gasteiger partial charge in [-0.1, -0.05) is 56.3 Å². The lowest BCUT2D eigenvalue weighted by Gasteiger charge is -2.13. The molecule has 0 aliphatic carbocycles. The molecule has 0 spiro atoms. The smallest absolute Gasteiger partial charge is 0.273 e. The Balaban J connectivity index is 1.72. The van der Waals surface area contributed by atoms with Gasteiger partial charge in [0.2, 0.25) is 11.8 Å². The van der Waals surface area contributed by atoms with Crippen LogP contribution in [-0.4, -0.2) is 24.3 Å². The Morgan fingerprint density at radius 3 is 2.27 bits per heavy atom. The van der Waals surface area contributed by atoms with Crippen molar-refractivity contribution in [1.29, 1.82) is 0 Å². The first-order valence-corrected chi connectivity index (χ1v) is 10.1. The summed E-state index contributed by atoms with van der Waals surface area (Å²) in [5, 5.41) is 2.76. The van der Waals surface area contributed by atoms with Gasteiger partial charge in [0.25, 0.3) is 5.91 Å². The lowest BCUT2D eigenvalue weighted by molar-refractivity contribution is -0.126. The van der Waals surface area contributed by atoms with Crippen LogP contribution in [0.4, 0.5) is 0 Å². The number of carbonyl (C=O) groups excluding carboxylic acids is 3. The number of hydrazine groups is 1. The number of hydrogen-bond donors (Lipinski definition) is 3. The Bertz CT molecular complexity index is 837. The molecule has 7 heteroatoms. The van der Waals surface area contributed by atoms with Crippen LogP contribution >= 0.6 is 0 Å². The highest BCUT2D eigenvalue weighted by atomic mass is 16.5. The zero-order chi connectivity index (χ0) is 21.8. The molecule has 0 aliphatic heterocycles. The maximum absolute atomic E-state index is 12.4. The molecule has 2 aromatic rings. The number of rotatable bonds is 10. The fourth-order valence-electron chi connectivity index (χ4n) is 2.55. The molecule has 7 nitrogen and oxygen atoms in total. The molecule has 0 heterocycles. The molecule has 30 heavy (non-hydrogen) atoms. The van der Waals surface area contributed by atoms with E-state index >= 15 is 0 Å². The van der Waals surface area contributed by atoms with Gasteiger partial charge in [-0.2, -0.15) is 0 Å². The van der Waals surface area contributed by atoms with Crippen LogP contribution in [0.2, 0.25) is 0 Å². The molecular formula is C23H29N3O4. The molecule has 160 valence electrons. The molecule has 2 rings (SSSR count). The van der Waals surface area contributed by atoms with Crippen LogP contribution in [0, 0.1) is 5.92 Å². The van der Waals surface area contributed by atoms with Crippen LogP contribution in [0.3, 0.4) is 0 Å². The summed E-state index contributed by atoms with van der Waals surface area (Å²) in [4.78, 5) is 36.2. The Morgan fingerprint density at radius 2 is 1.53 bits per heavy atom. The van der Waals surface area contributed by atoms with E-state index in [4.69, 9.17) is 4.74 Å². The topological polar surface area (TPSA) is 96.5 Å². The van der Waals surface area contributed by atoms with E-state index in [1.54, 1.807) is 24.3 Å². The van der Waals surface area contributed by atoms with Crippen LogP contribution in [-0.2, 0) is 16.1 Å². The summed E-state index contributed by atoms with van der Waals surface area (Å²) >= 11 is 0. The molecule has 0 atom stereocenters. The summed E-state index contributed by atoms with van der Waals surface area (Å²) in [6.45, 7) is 5.11. The monoisotopic (exact) mass is 411 g/mol. The average molecular weight is 412 g/mol. The Hall–Kier alpha value is -3.35. The molecule has 0 saturated carbocycles. The fraction of sp³-hybridized carbons (Fsp3) is 0.348. The van der Waals surface area contributed by atoms with Crippen molar-refractivity contribution in [3.05, 3.63) is 65.7 Å². The van der Waals surface area contributed by atoms with Gasteiger partial charge in [-0.15, -0.1) is 0 Å². The van der Waals surface area contributed by atoms with Crippen molar-refractivity contribution >= 4 is 17.7 Å². The molecule has 0 bridgehead atoms. The van der Waals surface area contributed by atoms with Gasteiger partial charge in [0.05, 0.1) is 12.2 Å². The van der Waals surface area contributed by atoms with Crippen molar-refractivity contribution in [2.75, 3.05) is 6.61 Å². The highest BCUT2D eigenvalue weighted by molar-refractivity contribution is 5.98. The van der Waals surface area contributed by atoms with Crippen molar-refractivity contribution in [2.24, 2.45) is 5.92 Å². The number of para-hydroxylation sites is 1. The molecule has 3 amide bonds. The van der Waals surface area contributed by atoms with Gasteiger partial charge in [0, 0.05) is 19.4 Å². The third kappa shape index (κ3) is 8.34. The predicted molar refractivity (Wildman–Crippen MR) is 115 cm³/mol. The molecular weight excluding hydrogens is 382 g/mol. The van der Waals surface area contributed by atoms with E-state index in [1.165, 1.54) is 0 Å². The minimum Gasteiger partial charge on any atom is -0.493 e. The van der Waals surface area contributed by atoms with Gasteiger partial charge in [-0.05, 0) is 30.0 Å². The summed E-state index contributed by atoms with van der Waals surface area (Å²) in [7, 11) is 0. The van der Waals surface area contributed by atoms with E-state index in [9.17, 15) is 14.4 Å². The van der Waals surface area contributed by atoms with Crippen LogP contribution in [0.1, 0.15) is 49.0 Å². The van der Waals surface area contributed by atoms with Crippen LogP contribution in [0.15, 0.2) is 54.6 Å². The normalized spacial score (nSPS) is 10.4. The Morgan fingerprint density at radius 1 is 0.867 bits per heavy atom. The van der Waals surface area contributed by atoms with Gasteiger partial charge >= 0.3 is 0 Å². The summed E-state index contributed by atoms with van der Waals surface area (Å²) in [6, 6.07) is 16.4. The van der Waals surface area contributed by atoms with Crippen molar-refractivity contribution < 1.29 is 19.1 Å². The van der Waals surface area contributed by atoms with Crippen LogP contribution in [0.25, 0.3) is 0 Å². The van der Waals surface area contributed by atoms with E-state index in [-0.39, 0.29) is 18.7 Å². The second kappa shape index (κ2) is 12.3. The van der Waals surface area contributed by atoms with E-state index in [0.717, 1.165) is 12.0 Å². The maximum Gasteiger partial charge on any atom is 0.273 e. The zero-order valence-corrected chi connectivity index (χ0v) is 17.4. The van der Waals surface area contributed by atoms with Gasteiger partial charge in [0.1, 0.15) is 5.75 Å². The average Bonchev–Trinajstić information content (AvgIpc) is 2.75. The second-order valence-electron chi connectivity index (χ2n) is 7.29. The number of ether oxygens (including phenoxy) is 1. The first-order valence-electron chi connectivity index (χ1n) is 10.1. The first-order chi connectivity index (χ1) is 14.5. The number of hydrogen-bond acceptors (Lipinski definition) is 4. The molecule has 2 aromatic carbocycles. The molecule has 0 aromatic heterocycles. The van der Waals surface area contributed by atoms with Gasteiger partial charge in [-0.25, -0.2) is 0 Å². The van der Waals surface area contributed by atoms with Crippen LogP contribution in [0.5, 0.6) is 5.75 Å². The Labute approximate surface area is 177 Å². The zero-order valence-electron chi connectivity index (χ0n) is 17.4. The first kappa shape index (κ1) is 22.9. The van der Waals surface area contributed by atoms with Gasteiger partial charge < -0.3 is 10.1 Å². The number of nitrogens with one attached hydrogen (secondary N) is 3. The summed E-state index contributed by atoms with van der Waals surface area (Å²) in [5.41, 5.74) is 6.03. The Kier molecular flexibility index (Phi) is 9.37. The summed E-state index contributed by atoms with van der Waals surface area (Å²) in [5.74, 6) is -0.196. The second-order valence-corrected chi connectivity index (χ2v) is 7.29. The van der Waals surface area contributed by atoms with Crippen molar-refractivity contribution in [1.82, 2.24) is 16.2 Å². The predicted octanol–water partition coefficient (Wildman–Crippen LogP) is 2.97. The van der Waals surface area contributed by atoms with Gasteiger partial charge in [0.15, 0.2) is 0 Å². The highest BCUT2D eigenvalue weighted by Crippen LogP contribution is 2.18. The van der Waals surface area contributed by atoms with Crippen molar-refractivity contribution in [2.45, 2.75) is 39.7 Å². The summed E-state index contributed by atoms with van der Waals surface area (Å²) < 4.78 is 5.69. The minimum absolute atomic E-state index is 0.0312. The SMILES string of the molecule is CC(C)CCOc1ccccc1C(=O)NNC(=O)CCC(=O)NCc1ccccc1. The van der Waals surface area contributed by atoms with Crippen LogP contribution < -0.4 is 20.9 Å². The molecule has 0 fully saturated rings. The number of amides is 3. The third-order valence-corrected chi connectivity index (χ3v) is 4.31. The van der Waals surface area contributed by atoms with E-state index < -0.39 is 11.8 Å². The molecule has 3 N–H and O–H groups in total. The number of carbonyl (C=O) groups is 3. The van der Waals surface area contributed by atoms with E-state index in [1.807, 2.05) is 30.3 Å². The van der Waals surface area contributed by atoms with Gasteiger partial charge in [-0.3, -0.25) is 25.2 Å². The largest absolute Gasteiger partial charge is 0.493 e. The van der Waals surface area contributed by atoms with Crippen molar-refractivity contribution in [3.8, 4) is 5.75 Å². The molecule has 0 saturated heterocycles. The summed E-state index contributed by atoms with van der Waals surface area (Å²) in [6.07, 6.45) is 0.871. The molecule has 0 aliphatic rings. The molecule has 0 radical (unpaired) electrons. The van der Waals surface area contributed by atoms with Crippen molar-refractivity contribution in [3.63, 3.8) is 0 Å². The lowest BCUT2D eigenvalue weighted by Crippen LogP contribution is -2.42. The minimum atomic E-state index is -0.475. The van der Waals surface area contributed by atoms with E-state index in [2.05, 4.69) is 30.0 Å². The lowest BCUT2D eigenvalue weighted by atomic mass is 10.1.